The third kappa shape index (κ3) is 1.93. The third-order valence-electron chi connectivity index (χ3n) is 1.06. The monoisotopic (exact) mass is 154 g/mol. The molecule has 0 amide bonds. The van der Waals surface area contributed by atoms with Gasteiger partial charge in [0.15, 0.2) is 0 Å². The summed E-state index contributed by atoms with van der Waals surface area (Å²) in [5, 5.41) is 3.11. The first-order valence-corrected chi connectivity index (χ1v) is 3.99. The molecule has 1 aromatic rings. The molecule has 0 saturated heterocycles. The van der Waals surface area contributed by atoms with Crippen molar-refractivity contribution in [3.63, 3.8) is 0 Å². The Morgan fingerprint density at radius 3 is 3.10 bits per heavy atom. The van der Waals surface area contributed by atoms with Gasteiger partial charge in [-0.3, -0.25) is 0 Å². The lowest BCUT2D eigenvalue weighted by Gasteiger charge is -1.79. The van der Waals surface area contributed by atoms with Gasteiger partial charge in [-0.05, 0) is 13.0 Å². The van der Waals surface area contributed by atoms with E-state index in [0.717, 1.165) is 10.7 Å². The number of hydrogen-bond donors (Lipinski definition) is 1. The second-order valence-corrected chi connectivity index (χ2v) is 2.99. The minimum atomic E-state index is 0.580. The van der Waals surface area contributed by atoms with Gasteiger partial charge in [-0.15, -0.1) is 11.3 Å². The molecule has 0 aliphatic heterocycles. The highest BCUT2D eigenvalue weighted by atomic mass is 32.1. The van der Waals surface area contributed by atoms with Crippen LogP contribution in [0.4, 0.5) is 0 Å². The molecule has 0 unspecified atom stereocenters. The predicted molar refractivity (Wildman–Crippen MR) is 44.9 cm³/mol. The van der Waals surface area contributed by atoms with Gasteiger partial charge in [-0.2, -0.15) is 0 Å². The van der Waals surface area contributed by atoms with Crippen molar-refractivity contribution in [2.75, 3.05) is 6.54 Å². The summed E-state index contributed by atoms with van der Waals surface area (Å²) in [5.74, 6) is 0. The van der Waals surface area contributed by atoms with Gasteiger partial charge in [-0.1, -0.05) is 6.08 Å². The Labute approximate surface area is 64.4 Å². The van der Waals surface area contributed by atoms with Crippen LogP contribution >= 0.6 is 11.3 Å². The van der Waals surface area contributed by atoms with E-state index in [0.29, 0.717) is 6.54 Å². The molecule has 1 rings (SSSR count). The molecule has 0 bridgehead atoms. The highest BCUT2D eigenvalue weighted by molar-refractivity contribution is 7.09. The fraction of sp³-hybridized carbons (Fsp3) is 0.286. The maximum absolute atomic E-state index is 5.27. The molecule has 0 spiro atoms. The van der Waals surface area contributed by atoms with E-state index in [4.69, 9.17) is 5.73 Å². The van der Waals surface area contributed by atoms with Gasteiger partial charge < -0.3 is 5.73 Å². The summed E-state index contributed by atoms with van der Waals surface area (Å²) in [6.07, 6.45) is 3.83. The van der Waals surface area contributed by atoms with Crippen LogP contribution in [0.5, 0.6) is 0 Å². The second kappa shape index (κ2) is 3.49. The lowest BCUT2D eigenvalue weighted by molar-refractivity contribution is 1.24. The molecule has 0 fully saturated rings. The zero-order valence-electron chi connectivity index (χ0n) is 5.87. The van der Waals surface area contributed by atoms with Crippen LogP contribution < -0.4 is 5.73 Å². The molecule has 3 heteroatoms. The van der Waals surface area contributed by atoms with Gasteiger partial charge in [0.05, 0.1) is 10.7 Å². The van der Waals surface area contributed by atoms with E-state index in [9.17, 15) is 0 Å². The SMILES string of the molecule is Cc1nc(C=CCN)cs1. The van der Waals surface area contributed by atoms with E-state index >= 15 is 0 Å². The second-order valence-electron chi connectivity index (χ2n) is 1.93. The Kier molecular flexibility index (Phi) is 2.59. The molecular weight excluding hydrogens is 144 g/mol. The summed E-state index contributed by atoms with van der Waals surface area (Å²) in [5.41, 5.74) is 6.28. The fourth-order valence-corrected chi connectivity index (χ4v) is 1.23. The van der Waals surface area contributed by atoms with Crippen LogP contribution in [0.25, 0.3) is 6.08 Å². The zero-order chi connectivity index (χ0) is 7.40. The maximum atomic E-state index is 5.27. The van der Waals surface area contributed by atoms with Crippen LogP contribution in [0, 0.1) is 6.92 Å². The summed E-state index contributed by atoms with van der Waals surface area (Å²) in [4.78, 5) is 4.22. The lowest BCUT2D eigenvalue weighted by Crippen LogP contribution is -1.91. The van der Waals surface area contributed by atoms with Crippen molar-refractivity contribution in [3.05, 3.63) is 22.2 Å². The van der Waals surface area contributed by atoms with Crippen molar-refractivity contribution >= 4 is 17.4 Å². The number of aryl methyl sites for hydroxylation is 1. The molecule has 2 nitrogen and oxygen atoms in total. The molecular formula is C7H10N2S. The van der Waals surface area contributed by atoms with Crippen LogP contribution in [0.3, 0.4) is 0 Å². The zero-order valence-corrected chi connectivity index (χ0v) is 6.69. The Hall–Kier alpha value is -0.670. The van der Waals surface area contributed by atoms with Crippen molar-refractivity contribution in [1.82, 2.24) is 4.98 Å². The summed E-state index contributed by atoms with van der Waals surface area (Å²) < 4.78 is 0. The van der Waals surface area contributed by atoms with E-state index in [2.05, 4.69) is 4.98 Å². The molecule has 0 saturated carbocycles. The van der Waals surface area contributed by atoms with Crippen molar-refractivity contribution in [2.24, 2.45) is 5.73 Å². The highest BCUT2D eigenvalue weighted by Crippen LogP contribution is 2.08. The highest BCUT2D eigenvalue weighted by Gasteiger charge is 1.90. The Balaban J connectivity index is 2.67. The van der Waals surface area contributed by atoms with Crippen LogP contribution in [0.2, 0.25) is 0 Å². The number of nitrogens with zero attached hydrogens (tertiary/aromatic N) is 1. The number of nitrogens with two attached hydrogens (primary N) is 1. The quantitative estimate of drug-likeness (QED) is 0.699. The average molecular weight is 154 g/mol. The Morgan fingerprint density at radius 1 is 1.80 bits per heavy atom. The van der Waals surface area contributed by atoms with Gasteiger partial charge in [0.2, 0.25) is 0 Å². The van der Waals surface area contributed by atoms with E-state index in [1.807, 2.05) is 24.5 Å². The van der Waals surface area contributed by atoms with E-state index in [1.54, 1.807) is 11.3 Å². The number of hydrogen-bond acceptors (Lipinski definition) is 3. The van der Waals surface area contributed by atoms with E-state index in [-0.39, 0.29) is 0 Å². The van der Waals surface area contributed by atoms with Crippen LogP contribution in [0.1, 0.15) is 10.7 Å². The van der Waals surface area contributed by atoms with Crippen molar-refractivity contribution < 1.29 is 0 Å². The smallest absolute Gasteiger partial charge is 0.0901 e. The molecule has 2 N–H and O–H groups in total. The summed E-state index contributed by atoms with van der Waals surface area (Å²) >= 11 is 1.65. The number of thiazole rings is 1. The maximum Gasteiger partial charge on any atom is 0.0901 e. The van der Waals surface area contributed by atoms with E-state index in [1.165, 1.54) is 0 Å². The fourth-order valence-electron chi connectivity index (χ4n) is 0.645. The van der Waals surface area contributed by atoms with Gasteiger partial charge in [0.25, 0.3) is 0 Å². The molecule has 0 aromatic carbocycles. The first-order chi connectivity index (χ1) is 4.83. The summed E-state index contributed by atoms with van der Waals surface area (Å²) in [7, 11) is 0. The minimum absolute atomic E-state index is 0.580. The molecule has 10 heavy (non-hydrogen) atoms. The molecule has 1 aromatic heterocycles. The summed E-state index contributed by atoms with van der Waals surface area (Å²) in [6, 6.07) is 0. The lowest BCUT2D eigenvalue weighted by atomic mass is 10.4. The molecule has 0 aliphatic carbocycles. The van der Waals surface area contributed by atoms with Crippen molar-refractivity contribution in [1.29, 1.82) is 0 Å². The first-order valence-electron chi connectivity index (χ1n) is 3.11. The molecule has 0 atom stereocenters. The van der Waals surface area contributed by atoms with Crippen LogP contribution in [0.15, 0.2) is 11.5 Å². The van der Waals surface area contributed by atoms with Crippen LogP contribution in [-0.2, 0) is 0 Å². The molecule has 0 radical (unpaired) electrons. The van der Waals surface area contributed by atoms with E-state index < -0.39 is 0 Å². The van der Waals surface area contributed by atoms with Gasteiger partial charge in [0.1, 0.15) is 0 Å². The Bertz CT molecular complexity index is 227. The van der Waals surface area contributed by atoms with Gasteiger partial charge in [0, 0.05) is 11.9 Å². The summed E-state index contributed by atoms with van der Waals surface area (Å²) in [6.45, 7) is 2.57. The Morgan fingerprint density at radius 2 is 2.60 bits per heavy atom. The standard InChI is InChI=1S/C7H10N2S/c1-6-9-7(5-10-6)3-2-4-8/h2-3,5H,4,8H2,1H3. The number of rotatable bonds is 2. The third-order valence-corrected chi connectivity index (χ3v) is 1.85. The first kappa shape index (κ1) is 7.44. The van der Waals surface area contributed by atoms with Crippen molar-refractivity contribution in [2.45, 2.75) is 6.92 Å². The minimum Gasteiger partial charge on any atom is -0.327 e. The van der Waals surface area contributed by atoms with Gasteiger partial charge >= 0.3 is 0 Å². The normalized spacial score (nSPS) is 11.0. The average Bonchev–Trinajstić information content (AvgIpc) is 2.31. The van der Waals surface area contributed by atoms with Crippen molar-refractivity contribution in [3.8, 4) is 0 Å². The largest absolute Gasteiger partial charge is 0.327 e. The topological polar surface area (TPSA) is 38.9 Å². The molecule has 54 valence electrons. The predicted octanol–water partition coefficient (Wildman–Crippen LogP) is 1.42. The van der Waals surface area contributed by atoms with Gasteiger partial charge in [-0.25, -0.2) is 4.98 Å². The number of aromatic nitrogens is 1. The van der Waals surface area contributed by atoms with Crippen LogP contribution in [-0.4, -0.2) is 11.5 Å². The molecule has 1 heterocycles. The molecule has 0 aliphatic rings.